The number of piperidine rings is 1. The summed E-state index contributed by atoms with van der Waals surface area (Å²) in [6.45, 7) is 2.61. The zero-order chi connectivity index (χ0) is 15.2. The van der Waals surface area contributed by atoms with E-state index in [0.717, 1.165) is 44.0 Å². The number of anilines is 1. The molecule has 1 N–H and O–H groups in total. The first-order valence-corrected chi connectivity index (χ1v) is 7.68. The predicted octanol–water partition coefficient (Wildman–Crippen LogP) is 2.12. The molecule has 1 amide bonds. The van der Waals surface area contributed by atoms with Crippen molar-refractivity contribution < 1.29 is 4.79 Å². The fourth-order valence-corrected chi connectivity index (χ4v) is 2.72. The standard InChI is InChI=1S/C17H20N4O/c22-16(15-5-2-1-3-6-15)20-13-14-7-11-21(12-8-14)17-18-9-4-10-19-17/h1-6,9-10,14H,7-8,11-13H2,(H,20,22). The molecule has 1 aliphatic heterocycles. The summed E-state index contributed by atoms with van der Waals surface area (Å²) in [7, 11) is 0. The summed E-state index contributed by atoms with van der Waals surface area (Å²) in [6.07, 6.45) is 5.64. The minimum absolute atomic E-state index is 0.00872. The Morgan fingerprint density at radius 3 is 2.45 bits per heavy atom. The Kier molecular flexibility index (Phi) is 4.63. The molecular formula is C17H20N4O. The maximum absolute atomic E-state index is 12.0. The second-order valence-electron chi connectivity index (χ2n) is 5.56. The van der Waals surface area contributed by atoms with Crippen molar-refractivity contribution in [1.29, 1.82) is 0 Å². The maximum Gasteiger partial charge on any atom is 0.251 e. The van der Waals surface area contributed by atoms with Gasteiger partial charge in [0.05, 0.1) is 0 Å². The van der Waals surface area contributed by atoms with Crippen LogP contribution in [0.25, 0.3) is 0 Å². The lowest BCUT2D eigenvalue weighted by molar-refractivity contribution is 0.0945. The van der Waals surface area contributed by atoms with Gasteiger partial charge < -0.3 is 10.2 Å². The van der Waals surface area contributed by atoms with Crippen molar-refractivity contribution in [3.8, 4) is 0 Å². The molecule has 0 aliphatic carbocycles. The summed E-state index contributed by atoms with van der Waals surface area (Å²) >= 11 is 0. The topological polar surface area (TPSA) is 58.1 Å². The number of rotatable bonds is 4. The van der Waals surface area contributed by atoms with E-state index in [1.54, 1.807) is 12.4 Å². The number of amides is 1. The largest absolute Gasteiger partial charge is 0.352 e. The number of benzene rings is 1. The second-order valence-corrected chi connectivity index (χ2v) is 5.56. The molecule has 114 valence electrons. The van der Waals surface area contributed by atoms with Crippen LogP contribution in [0.2, 0.25) is 0 Å². The van der Waals surface area contributed by atoms with Crippen molar-refractivity contribution >= 4 is 11.9 Å². The monoisotopic (exact) mass is 296 g/mol. The number of carbonyl (C=O) groups excluding carboxylic acids is 1. The Morgan fingerprint density at radius 2 is 1.77 bits per heavy atom. The first-order chi connectivity index (χ1) is 10.8. The zero-order valence-corrected chi connectivity index (χ0v) is 12.5. The third-order valence-electron chi connectivity index (χ3n) is 4.04. The van der Waals surface area contributed by atoms with Crippen LogP contribution < -0.4 is 10.2 Å². The van der Waals surface area contributed by atoms with Crippen LogP contribution in [0.4, 0.5) is 5.95 Å². The molecule has 1 saturated heterocycles. The zero-order valence-electron chi connectivity index (χ0n) is 12.5. The predicted molar refractivity (Wildman–Crippen MR) is 85.7 cm³/mol. The van der Waals surface area contributed by atoms with Crippen molar-refractivity contribution in [3.63, 3.8) is 0 Å². The van der Waals surface area contributed by atoms with Gasteiger partial charge in [-0.1, -0.05) is 18.2 Å². The van der Waals surface area contributed by atoms with E-state index in [1.807, 2.05) is 36.4 Å². The van der Waals surface area contributed by atoms with Crippen molar-refractivity contribution in [1.82, 2.24) is 15.3 Å². The summed E-state index contributed by atoms with van der Waals surface area (Å²) in [5, 5.41) is 3.03. The van der Waals surface area contributed by atoms with Crippen LogP contribution in [-0.4, -0.2) is 35.5 Å². The molecule has 0 radical (unpaired) electrons. The van der Waals surface area contributed by atoms with E-state index >= 15 is 0 Å². The second kappa shape index (κ2) is 7.02. The fraction of sp³-hybridized carbons (Fsp3) is 0.353. The summed E-state index contributed by atoms with van der Waals surface area (Å²) in [5.41, 5.74) is 0.720. The van der Waals surface area contributed by atoms with Crippen LogP contribution in [-0.2, 0) is 0 Å². The molecule has 22 heavy (non-hydrogen) atoms. The highest BCUT2D eigenvalue weighted by atomic mass is 16.1. The van der Waals surface area contributed by atoms with E-state index in [0.29, 0.717) is 5.92 Å². The number of hydrogen-bond donors (Lipinski definition) is 1. The van der Waals surface area contributed by atoms with Crippen LogP contribution in [0, 0.1) is 5.92 Å². The highest BCUT2D eigenvalue weighted by molar-refractivity contribution is 5.94. The smallest absolute Gasteiger partial charge is 0.251 e. The van der Waals surface area contributed by atoms with Crippen molar-refractivity contribution in [2.24, 2.45) is 5.92 Å². The molecule has 0 unspecified atom stereocenters. The van der Waals surface area contributed by atoms with Crippen LogP contribution >= 0.6 is 0 Å². The molecule has 0 saturated carbocycles. The van der Waals surface area contributed by atoms with Gasteiger partial charge in [-0.15, -0.1) is 0 Å². The van der Waals surface area contributed by atoms with Crippen molar-refractivity contribution in [2.75, 3.05) is 24.5 Å². The fourth-order valence-electron chi connectivity index (χ4n) is 2.72. The molecule has 1 aromatic carbocycles. The van der Waals surface area contributed by atoms with E-state index < -0.39 is 0 Å². The summed E-state index contributed by atoms with van der Waals surface area (Å²) in [6, 6.07) is 11.2. The quantitative estimate of drug-likeness (QED) is 0.939. The molecule has 0 atom stereocenters. The Labute approximate surface area is 130 Å². The van der Waals surface area contributed by atoms with Gasteiger partial charge in [0.15, 0.2) is 0 Å². The molecule has 1 aromatic heterocycles. The molecule has 0 spiro atoms. The van der Waals surface area contributed by atoms with Gasteiger partial charge in [0.2, 0.25) is 5.95 Å². The minimum atomic E-state index is 0.00872. The molecule has 1 fully saturated rings. The molecule has 5 heteroatoms. The number of hydrogen-bond acceptors (Lipinski definition) is 4. The third kappa shape index (κ3) is 3.61. The van der Waals surface area contributed by atoms with Gasteiger partial charge >= 0.3 is 0 Å². The SMILES string of the molecule is O=C(NCC1CCN(c2ncccn2)CC1)c1ccccc1. The lowest BCUT2D eigenvalue weighted by Crippen LogP contribution is -2.39. The molecule has 5 nitrogen and oxygen atoms in total. The van der Waals surface area contributed by atoms with E-state index in [1.165, 1.54) is 0 Å². The molecule has 2 aromatic rings. The highest BCUT2D eigenvalue weighted by Gasteiger charge is 2.21. The molecule has 2 heterocycles. The molecular weight excluding hydrogens is 276 g/mol. The van der Waals surface area contributed by atoms with Crippen LogP contribution in [0.3, 0.4) is 0 Å². The van der Waals surface area contributed by atoms with Crippen LogP contribution in [0.15, 0.2) is 48.8 Å². The normalized spacial score (nSPS) is 15.5. The van der Waals surface area contributed by atoms with Crippen molar-refractivity contribution in [3.05, 3.63) is 54.4 Å². The van der Waals surface area contributed by atoms with E-state index in [2.05, 4.69) is 20.2 Å². The molecule has 3 rings (SSSR count). The average molecular weight is 296 g/mol. The van der Waals surface area contributed by atoms with Gasteiger partial charge in [0, 0.05) is 37.6 Å². The molecule has 1 aliphatic rings. The van der Waals surface area contributed by atoms with Gasteiger partial charge in [-0.25, -0.2) is 9.97 Å². The van der Waals surface area contributed by atoms with Gasteiger partial charge in [0.25, 0.3) is 5.91 Å². The van der Waals surface area contributed by atoms with Crippen LogP contribution in [0.1, 0.15) is 23.2 Å². The highest BCUT2D eigenvalue weighted by Crippen LogP contribution is 2.19. The first-order valence-electron chi connectivity index (χ1n) is 7.68. The average Bonchev–Trinajstić information content (AvgIpc) is 2.61. The van der Waals surface area contributed by atoms with E-state index in [-0.39, 0.29) is 5.91 Å². The van der Waals surface area contributed by atoms with E-state index in [9.17, 15) is 4.79 Å². The van der Waals surface area contributed by atoms with Crippen molar-refractivity contribution in [2.45, 2.75) is 12.8 Å². The van der Waals surface area contributed by atoms with E-state index in [4.69, 9.17) is 0 Å². The van der Waals surface area contributed by atoms with Crippen LogP contribution in [0.5, 0.6) is 0 Å². The Hall–Kier alpha value is -2.43. The Morgan fingerprint density at radius 1 is 1.09 bits per heavy atom. The van der Waals surface area contributed by atoms with Gasteiger partial charge in [-0.2, -0.15) is 0 Å². The first kappa shape index (κ1) is 14.5. The van der Waals surface area contributed by atoms with Gasteiger partial charge in [-0.3, -0.25) is 4.79 Å². The van der Waals surface area contributed by atoms with Gasteiger partial charge in [0.1, 0.15) is 0 Å². The molecule has 0 bridgehead atoms. The number of carbonyl (C=O) groups is 1. The summed E-state index contributed by atoms with van der Waals surface area (Å²) in [4.78, 5) is 22.8. The maximum atomic E-state index is 12.0. The Bertz CT molecular complexity index is 595. The number of nitrogens with zero attached hydrogens (tertiary/aromatic N) is 3. The number of aromatic nitrogens is 2. The number of nitrogens with one attached hydrogen (secondary N) is 1. The third-order valence-corrected chi connectivity index (χ3v) is 4.04. The lowest BCUT2D eigenvalue weighted by Gasteiger charge is -2.31. The summed E-state index contributed by atoms with van der Waals surface area (Å²) in [5.74, 6) is 1.33. The lowest BCUT2D eigenvalue weighted by atomic mass is 9.97. The Balaban J connectivity index is 1.45. The minimum Gasteiger partial charge on any atom is -0.352 e. The summed E-state index contributed by atoms with van der Waals surface area (Å²) < 4.78 is 0. The van der Waals surface area contributed by atoms with Gasteiger partial charge in [-0.05, 0) is 37.0 Å².